The summed E-state index contributed by atoms with van der Waals surface area (Å²) in [5.74, 6) is 0.104. The Labute approximate surface area is 78.5 Å². The van der Waals surface area contributed by atoms with E-state index in [1.165, 1.54) is 12.8 Å². The normalized spacial score (nSPS) is 36.0. The minimum atomic E-state index is -0.0868. The van der Waals surface area contributed by atoms with E-state index in [1.807, 2.05) is 0 Å². The van der Waals surface area contributed by atoms with Gasteiger partial charge in [-0.15, -0.1) is 0 Å². The Balaban J connectivity index is 2.11. The molecule has 4 nitrogen and oxygen atoms in total. The van der Waals surface area contributed by atoms with Crippen molar-refractivity contribution in [1.29, 1.82) is 0 Å². The molecule has 2 rings (SSSR count). The van der Waals surface area contributed by atoms with Crippen LogP contribution in [0.3, 0.4) is 0 Å². The lowest BCUT2D eigenvalue weighted by molar-refractivity contribution is -0.130. The maximum Gasteiger partial charge on any atom is 0.238 e. The molecule has 2 unspecified atom stereocenters. The Hall–Kier alpha value is -0.610. The fourth-order valence-electron chi connectivity index (χ4n) is 2.13. The monoisotopic (exact) mass is 183 g/mol. The summed E-state index contributed by atoms with van der Waals surface area (Å²) in [6.07, 6.45) is 2.46. The SMILES string of the molecule is CC1CNC(=O)C(CN)N1C1CC1. The van der Waals surface area contributed by atoms with Gasteiger partial charge < -0.3 is 11.1 Å². The first-order valence-corrected chi connectivity index (χ1v) is 4.99. The van der Waals surface area contributed by atoms with E-state index in [4.69, 9.17) is 5.73 Å². The topological polar surface area (TPSA) is 58.4 Å². The quantitative estimate of drug-likeness (QED) is 0.595. The Morgan fingerprint density at radius 3 is 2.85 bits per heavy atom. The first-order chi connectivity index (χ1) is 6.24. The van der Waals surface area contributed by atoms with Gasteiger partial charge in [0.1, 0.15) is 6.04 Å². The van der Waals surface area contributed by atoms with Crippen LogP contribution in [-0.4, -0.2) is 42.0 Å². The molecule has 3 N–H and O–H groups in total. The number of hydrogen-bond acceptors (Lipinski definition) is 3. The number of carbonyl (C=O) groups is 1. The highest BCUT2D eigenvalue weighted by molar-refractivity contribution is 5.83. The number of nitrogens with zero attached hydrogens (tertiary/aromatic N) is 1. The molecule has 2 atom stereocenters. The molecule has 1 saturated carbocycles. The lowest BCUT2D eigenvalue weighted by atomic mass is 10.1. The molecule has 1 heterocycles. The summed E-state index contributed by atoms with van der Waals surface area (Å²) in [6, 6.07) is 0.976. The zero-order valence-corrected chi connectivity index (χ0v) is 7.99. The summed E-state index contributed by atoms with van der Waals surface area (Å²) in [4.78, 5) is 13.8. The third kappa shape index (κ3) is 1.56. The minimum absolute atomic E-state index is 0.0868. The summed E-state index contributed by atoms with van der Waals surface area (Å²) in [5, 5.41) is 2.88. The molecule has 2 aliphatic rings. The minimum Gasteiger partial charge on any atom is -0.353 e. The summed E-state index contributed by atoms with van der Waals surface area (Å²) < 4.78 is 0. The average Bonchev–Trinajstić information content (AvgIpc) is 2.91. The van der Waals surface area contributed by atoms with Crippen molar-refractivity contribution in [2.45, 2.75) is 37.9 Å². The molecule has 0 spiro atoms. The van der Waals surface area contributed by atoms with E-state index in [9.17, 15) is 4.79 Å². The molecule has 0 aromatic heterocycles. The van der Waals surface area contributed by atoms with Gasteiger partial charge in [0, 0.05) is 25.2 Å². The van der Waals surface area contributed by atoms with Crippen LogP contribution in [0.25, 0.3) is 0 Å². The molecule has 1 amide bonds. The number of carbonyl (C=O) groups excluding carboxylic acids is 1. The number of nitrogens with two attached hydrogens (primary N) is 1. The van der Waals surface area contributed by atoms with E-state index in [1.54, 1.807) is 0 Å². The van der Waals surface area contributed by atoms with Crippen molar-refractivity contribution in [3.8, 4) is 0 Å². The summed E-state index contributed by atoms with van der Waals surface area (Å²) >= 11 is 0. The Bertz CT molecular complexity index is 215. The van der Waals surface area contributed by atoms with Gasteiger partial charge in [-0.1, -0.05) is 0 Å². The van der Waals surface area contributed by atoms with Crippen LogP contribution in [-0.2, 0) is 4.79 Å². The summed E-state index contributed by atoms with van der Waals surface area (Å²) in [6.45, 7) is 3.36. The fourth-order valence-corrected chi connectivity index (χ4v) is 2.13. The maximum absolute atomic E-state index is 11.5. The molecule has 1 saturated heterocycles. The molecule has 2 fully saturated rings. The lowest BCUT2D eigenvalue weighted by Crippen LogP contribution is -2.62. The molecule has 0 bridgehead atoms. The van der Waals surface area contributed by atoms with Crippen molar-refractivity contribution in [1.82, 2.24) is 10.2 Å². The predicted octanol–water partition coefficient (Wildman–Crippen LogP) is -0.704. The van der Waals surface area contributed by atoms with E-state index in [2.05, 4.69) is 17.1 Å². The first kappa shape index (κ1) is 8.97. The van der Waals surface area contributed by atoms with Crippen molar-refractivity contribution in [3.05, 3.63) is 0 Å². The summed E-state index contributed by atoms with van der Waals surface area (Å²) in [7, 11) is 0. The van der Waals surface area contributed by atoms with Gasteiger partial charge in [-0.3, -0.25) is 9.69 Å². The van der Waals surface area contributed by atoms with Crippen molar-refractivity contribution < 1.29 is 4.79 Å². The molecule has 0 aromatic rings. The molecule has 0 radical (unpaired) electrons. The van der Waals surface area contributed by atoms with Crippen molar-refractivity contribution in [3.63, 3.8) is 0 Å². The molecule has 74 valence electrons. The van der Waals surface area contributed by atoms with Crippen LogP contribution < -0.4 is 11.1 Å². The smallest absolute Gasteiger partial charge is 0.238 e. The van der Waals surface area contributed by atoms with Gasteiger partial charge in [0.05, 0.1) is 0 Å². The second-order valence-electron chi connectivity index (χ2n) is 4.02. The Morgan fingerprint density at radius 1 is 1.62 bits per heavy atom. The fraction of sp³-hybridized carbons (Fsp3) is 0.889. The Kier molecular flexibility index (Phi) is 2.26. The van der Waals surface area contributed by atoms with Gasteiger partial charge in [-0.25, -0.2) is 0 Å². The van der Waals surface area contributed by atoms with Gasteiger partial charge in [0.2, 0.25) is 5.91 Å². The molecular weight excluding hydrogens is 166 g/mol. The maximum atomic E-state index is 11.5. The van der Waals surface area contributed by atoms with Crippen LogP contribution in [0.4, 0.5) is 0 Å². The average molecular weight is 183 g/mol. The number of piperazine rings is 1. The van der Waals surface area contributed by atoms with Crippen molar-refractivity contribution in [2.75, 3.05) is 13.1 Å². The van der Waals surface area contributed by atoms with Crippen LogP contribution in [0.1, 0.15) is 19.8 Å². The third-order valence-electron chi connectivity index (χ3n) is 2.93. The standard InChI is InChI=1S/C9H17N3O/c1-6-5-11-9(13)8(4-10)12(6)7-2-3-7/h6-8H,2-5,10H2,1H3,(H,11,13). The third-order valence-corrected chi connectivity index (χ3v) is 2.93. The highest BCUT2D eigenvalue weighted by Gasteiger charge is 2.41. The van der Waals surface area contributed by atoms with Crippen LogP contribution in [0.2, 0.25) is 0 Å². The van der Waals surface area contributed by atoms with E-state index >= 15 is 0 Å². The highest BCUT2D eigenvalue weighted by Crippen LogP contribution is 2.31. The number of hydrogen-bond donors (Lipinski definition) is 2. The number of amides is 1. The van der Waals surface area contributed by atoms with Gasteiger partial charge in [-0.05, 0) is 19.8 Å². The van der Waals surface area contributed by atoms with E-state index in [0.717, 1.165) is 6.54 Å². The molecule has 13 heavy (non-hydrogen) atoms. The number of rotatable bonds is 2. The molecular formula is C9H17N3O. The Morgan fingerprint density at radius 2 is 2.31 bits per heavy atom. The van der Waals surface area contributed by atoms with Gasteiger partial charge >= 0.3 is 0 Å². The highest BCUT2D eigenvalue weighted by atomic mass is 16.2. The zero-order chi connectivity index (χ0) is 9.42. The second kappa shape index (κ2) is 3.27. The predicted molar refractivity (Wildman–Crippen MR) is 50.2 cm³/mol. The van der Waals surface area contributed by atoms with Crippen LogP contribution in [0.5, 0.6) is 0 Å². The van der Waals surface area contributed by atoms with Crippen LogP contribution >= 0.6 is 0 Å². The van der Waals surface area contributed by atoms with E-state index in [-0.39, 0.29) is 11.9 Å². The first-order valence-electron chi connectivity index (χ1n) is 4.99. The van der Waals surface area contributed by atoms with Crippen molar-refractivity contribution >= 4 is 5.91 Å². The molecule has 1 aliphatic heterocycles. The van der Waals surface area contributed by atoms with E-state index in [0.29, 0.717) is 18.6 Å². The van der Waals surface area contributed by atoms with Gasteiger partial charge in [0.15, 0.2) is 0 Å². The zero-order valence-electron chi connectivity index (χ0n) is 7.99. The van der Waals surface area contributed by atoms with Crippen LogP contribution in [0.15, 0.2) is 0 Å². The molecule has 0 aromatic carbocycles. The van der Waals surface area contributed by atoms with Crippen LogP contribution in [0, 0.1) is 0 Å². The molecule has 1 aliphatic carbocycles. The van der Waals surface area contributed by atoms with E-state index < -0.39 is 0 Å². The largest absolute Gasteiger partial charge is 0.353 e. The van der Waals surface area contributed by atoms with Gasteiger partial charge in [-0.2, -0.15) is 0 Å². The van der Waals surface area contributed by atoms with Crippen molar-refractivity contribution in [2.24, 2.45) is 5.73 Å². The van der Waals surface area contributed by atoms with Gasteiger partial charge in [0.25, 0.3) is 0 Å². The lowest BCUT2D eigenvalue weighted by Gasteiger charge is -2.39. The molecule has 4 heteroatoms. The second-order valence-corrected chi connectivity index (χ2v) is 4.02. The summed E-state index contributed by atoms with van der Waals surface area (Å²) in [5.41, 5.74) is 5.61. The number of nitrogens with one attached hydrogen (secondary N) is 1.